The molecule has 94 valence electrons. The Hall–Kier alpha value is -2.05. The molecule has 0 radical (unpaired) electrons. The van der Waals surface area contributed by atoms with E-state index in [1.54, 1.807) is 23.9 Å². The average Bonchev–Trinajstić information content (AvgIpc) is 2.49. The first-order chi connectivity index (χ1) is 9.26. The Morgan fingerprint density at radius 2 is 1.74 bits per heavy atom. The summed E-state index contributed by atoms with van der Waals surface area (Å²) in [6, 6.07) is 18.6. The van der Waals surface area contributed by atoms with E-state index in [-0.39, 0.29) is 5.78 Å². The van der Waals surface area contributed by atoms with Crippen molar-refractivity contribution in [3.63, 3.8) is 0 Å². The molecule has 0 aliphatic rings. The van der Waals surface area contributed by atoms with Crippen molar-refractivity contribution in [3.05, 3.63) is 65.7 Å². The molecule has 2 aromatic carbocycles. The molecule has 0 N–H and O–H groups in total. The molecule has 2 aromatic rings. The van der Waals surface area contributed by atoms with Gasteiger partial charge in [0.25, 0.3) is 0 Å². The van der Waals surface area contributed by atoms with E-state index in [2.05, 4.69) is 6.07 Å². The number of ketones is 1. The third kappa shape index (κ3) is 3.04. The van der Waals surface area contributed by atoms with Crippen LogP contribution in [0.2, 0.25) is 0 Å². The number of carbonyl (C=O) groups is 1. The summed E-state index contributed by atoms with van der Waals surface area (Å²) >= 11 is 1.62. The Labute approximate surface area is 117 Å². The maximum atomic E-state index is 12.3. The minimum atomic E-state index is -0.735. The van der Waals surface area contributed by atoms with E-state index in [0.29, 0.717) is 5.56 Å². The molecule has 1 unspecified atom stereocenters. The summed E-state index contributed by atoms with van der Waals surface area (Å²) in [5.41, 5.74) is 1.32. The Morgan fingerprint density at radius 3 is 2.26 bits per heavy atom. The highest BCUT2D eigenvalue weighted by Gasteiger charge is 2.21. The zero-order valence-corrected chi connectivity index (χ0v) is 11.4. The molecule has 0 saturated heterocycles. The second-order valence-electron chi connectivity index (χ2n) is 4.07. The predicted octanol–water partition coefficient (Wildman–Crippen LogP) is 3.90. The molecular weight excluding hydrogens is 254 g/mol. The molecule has 2 rings (SSSR count). The lowest BCUT2D eigenvalue weighted by Crippen LogP contribution is -2.11. The van der Waals surface area contributed by atoms with E-state index in [0.717, 1.165) is 10.5 Å². The number of rotatable bonds is 4. The Balaban J connectivity index is 2.29. The third-order valence-corrected chi connectivity index (χ3v) is 3.64. The summed E-state index contributed by atoms with van der Waals surface area (Å²) in [4.78, 5) is 13.4. The van der Waals surface area contributed by atoms with Crippen LogP contribution in [0.4, 0.5) is 0 Å². The highest BCUT2D eigenvalue weighted by atomic mass is 32.2. The van der Waals surface area contributed by atoms with Crippen LogP contribution in [0.5, 0.6) is 0 Å². The third-order valence-electron chi connectivity index (χ3n) is 2.90. The van der Waals surface area contributed by atoms with Gasteiger partial charge in [0.15, 0.2) is 5.78 Å². The van der Waals surface area contributed by atoms with Crippen LogP contribution in [-0.4, -0.2) is 12.0 Å². The second kappa shape index (κ2) is 6.21. The number of thioether (sulfide) groups is 1. The van der Waals surface area contributed by atoms with Gasteiger partial charge in [0, 0.05) is 10.5 Å². The first-order valence-corrected chi connectivity index (χ1v) is 7.11. The first kappa shape index (κ1) is 13.4. The standard InChI is InChI=1S/C16H13NOS/c1-19-14-9-7-13(8-10-14)16(18)15(11-17)12-5-3-2-4-6-12/h2-10,15H,1H3. The normalized spacial score (nSPS) is 11.6. The molecule has 0 aliphatic heterocycles. The molecule has 0 fully saturated rings. The summed E-state index contributed by atoms with van der Waals surface area (Å²) in [5, 5.41) is 9.24. The minimum absolute atomic E-state index is 0.152. The van der Waals surface area contributed by atoms with Crippen molar-refractivity contribution in [2.24, 2.45) is 0 Å². The topological polar surface area (TPSA) is 40.9 Å². The van der Waals surface area contributed by atoms with Gasteiger partial charge in [0.2, 0.25) is 0 Å². The lowest BCUT2D eigenvalue weighted by atomic mass is 9.92. The SMILES string of the molecule is CSc1ccc(C(=O)C(C#N)c2ccccc2)cc1. The molecule has 2 nitrogen and oxygen atoms in total. The molecule has 19 heavy (non-hydrogen) atoms. The van der Waals surface area contributed by atoms with E-state index in [1.165, 1.54) is 0 Å². The molecule has 0 heterocycles. The lowest BCUT2D eigenvalue weighted by molar-refractivity contribution is 0.0979. The van der Waals surface area contributed by atoms with E-state index < -0.39 is 5.92 Å². The van der Waals surface area contributed by atoms with Crippen molar-refractivity contribution in [1.29, 1.82) is 5.26 Å². The molecule has 0 bridgehead atoms. The van der Waals surface area contributed by atoms with Crippen LogP contribution in [0.1, 0.15) is 21.8 Å². The van der Waals surface area contributed by atoms with Gasteiger partial charge in [0.05, 0.1) is 6.07 Å². The maximum absolute atomic E-state index is 12.3. The zero-order chi connectivity index (χ0) is 13.7. The van der Waals surface area contributed by atoms with Gasteiger partial charge in [-0.15, -0.1) is 11.8 Å². The van der Waals surface area contributed by atoms with E-state index in [1.807, 2.05) is 48.7 Å². The fourth-order valence-corrected chi connectivity index (χ4v) is 2.26. The highest BCUT2D eigenvalue weighted by molar-refractivity contribution is 7.98. The van der Waals surface area contributed by atoms with E-state index in [4.69, 9.17) is 0 Å². The molecule has 0 amide bonds. The van der Waals surface area contributed by atoms with Gasteiger partial charge in [-0.25, -0.2) is 0 Å². The Morgan fingerprint density at radius 1 is 1.11 bits per heavy atom. The fraction of sp³-hybridized carbons (Fsp3) is 0.125. The Kier molecular flexibility index (Phi) is 4.38. The van der Waals surface area contributed by atoms with Gasteiger partial charge < -0.3 is 0 Å². The molecule has 1 atom stereocenters. The smallest absolute Gasteiger partial charge is 0.184 e. The monoisotopic (exact) mass is 267 g/mol. The van der Waals surface area contributed by atoms with E-state index in [9.17, 15) is 10.1 Å². The number of nitriles is 1. The molecule has 0 aliphatic carbocycles. The summed E-state index contributed by atoms with van der Waals surface area (Å²) in [6.45, 7) is 0. The molecular formula is C16H13NOS. The number of nitrogens with zero attached hydrogens (tertiary/aromatic N) is 1. The highest BCUT2D eigenvalue weighted by Crippen LogP contribution is 2.22. The summed E-state index contributed by atoms with van der Waals surface area (Å²) in [5.74, 6) is -0.886. The van der Waals surface area contributed by atoms with E-state index >= 15 is 0 Å². The maximum Gasteiger partial charge on any atom is 0.184 e. The van der Waals surface area contributed by atoms with Crippen molar-refractivity contribution in [2.45, 2.75) is 10.8 Å². The summed E-state index contributed by atoms with van der Waals surface area (Å²) < 4.78 is 0. The first-order valence-electron chi connectivity index (χ1n) is 5.89. The van der Waals surface area contributed by atoms with Crippen molar-refractivity contribution in [2.75, 3.05) is 6.26 Å². The summed E-state index contributed by atoms with van der Waals surface area (Å²) in [7, 11) is 0. The lowest BCUT2D eigenvalue weighted by Gasteiger charge is -2.08. The number of hydrogen-bond acceptors (Lipinski definition) is 3. The number of carbonyl (C=O) groups excluding carboxylic acids is 1. The van der Waals surface area contributed by atoms with Gasteiger partial charge in [0.1, 0.15) is 5.92 Å². The second-order valence-corrected chi connectivity index (χ2v) is 4.95. The van der Waals surface area contributed by atoms with Crippen LogP contribution in [-0.2, 0) is 0 Å². The molecule has 0 saturated carbocycles. The van der Waals surface area contributed by atoms with Gasteiger partial charge in [-0.2, -0.15) is 5.26 Å². The molecule has 0 aromatic heterocycles. The minimum Gasteiger partial charge on any atom is -0.292 e. The molecule has 0 spiro atoms. The number of hydrogen-bond donors (Lipinski definition) is 0. The van der Waals surface area contributed by atoms with Gasteiger partial charge in [-0.3, -0.25) is 4.79 Å². The van der Waals surface area contributed by atoms with Crippen molar-refractivity contribution in [1.82, 2.24) is 0 Å². The fourth-order valence-electron chi connectivity index (χ4n) is 1.85. The van der Waals surface area contributed by atoms with Crippen molar-refractivity contribution < 1.29 is 4.79 Å². The largest absolute Gasteiger partial charge is 0.292 e. The van der Waals surface area contributed by atoms with Crippen LogP contribution in [0.25, 0.3) is 0 Å². The number of benzene rings is 2. The Bertz CT molecular complexity index is 599. The van der Waals surface area contributed by atoms with Crippen molar-refractivity contribution >= 4 is 17.5 Å². The van der Waals surface area contributed by atoms with Crippen LogP contribution in [0.3, 0.4) is 0 Å². The number of Topliss-reactive ketones (excluding diaryl/α,β-unsaturated/α-hetero) is 1. The molecule has 3 heteroatoms. The average molecular weight is 267 g/mol. The summed E-state index contributed by atoms with van der Waals surface area (Å²) in [6.07, 6.45) is 1.98. The van der Waals surface area contributed by atoms with Crippen LogP contribution in [0.15, 0.2) is 59.5 Å². The van der Waals surface area contributed by atoms with Gasteiger partial charge >= 0.3 is 0 Å². The van der Waals surface area contributed by atoms with Crippen LogP contribution < -0.4 is 0 Å². The zero-order valence-electron chi connectivity index (χ0n) is 10.5. The van der Waals surface area contributed by atoms with Crippen LogP contribution >= 0.6 is 11.8 Å². The van der Waals surface area contributed by atoms with Gasteiger partial charge in [-0.05, 0) is 24.0 Å². The van der Waals surface area contributed by atoms with Crippen LogP contribution in [0, 0.1) is 11.3 Å². The quantitative estimate of drug-likeness (QED) is 0.623. The van der Waals surface area contributed by atoms with Crippen molar-refractivity contribution in [3.8, 4) is 6.07 Å². The van der Waals surface area contributed by atoms with Gasteiger partial charge in [-0.1, -0.05) is 42.5 Å². The predicted molar refractivity (Wildman–Crippen MR) is 77.3 cm³/mol.